The maximum absolute atomic E-state index is 13.3. The van der Waals surface area contributed by atoms with Crippen LogP contribution in [0.25, 0.3) is 0 Å². The highest BCUT2D eigenvalue weighted by molar-refractivity contribution is 5.96. The highest BCUT2D eigenvalue weighted by Gasteiger charge is 2.31. The molecule has 0 radical (unpaired) electrons. The normalized spacial score (nSPS) is 15.3. The number of nitrogens with one attached hydrogen (secondary N) is 1. The Kier molecular flexibility index (Phi) is 5.34. The molecule has 1 aliphatic carbocycles. The molecule has 1 aromatic carbocycles. The van der Waals surface area contributed by atoms with Crippen molar-refractivity contribution in [2.45, 2.75) is 44.8 Å². The molecule has 3 heterocycles. The SMILES string of the molecule is O=C(NC1CC1)c1c2c(cn(CCc3ccccc3)c1=O)CN(C(=O)c1cocn1)CC2. The Balaban J connectivity index is 1.47. The van der Waals surface area contributed by atoms with Gasteiger partial charge in [-0.3, -0.25) is 14.4 Å². The average Bonchev–Trinajstić information content (AvgIpc) is 3.45. The summed E-state index contributed by atoms with van der Waals surface area (Å²) in [6.45, 7) is 1.18. The fraction of sp³-hybridized carbons (Fsp3) is 0.333. The third kappa shape index (κ3) is 4.08. The van der Waals surface area contributed by atoms with Gasteiger partial charge in [0.2, 0.25) is 0 Å². The Morgan fingerprint density at radius 1 is 1.19 bits per heavy atom. The number of nitrogens with zero attached hydrogens (tertiary/aromatic N) is 3. The number of pyridine rings is 1. The number of oxazole rings is 1. The van der Waals surface area contributed by atoms with Crippen LogP contribution in [0, 0.1) is 0 Å². The molecule has 2 amide bonds. The van der Waals surface area contributed by atoms with Gasteiger partial charge < -0.3 is 19.2 Å². The van der Waals surface area contributed by atoms with Gasteiger partial charge in [0, 0.05) is 31.9 Å². The topological polar surface area (TPSA) is 97.4 Å². The Morgan fingerprint density at radius 3 is 2.72 bits per heavy atom. The number of benzene rings is 1. The number of fused-ring (bicyclic) bond motifs is 1. The third-order valence-electron chi connectivity index (χ3n) is 6.03. The summed E-state index contributed by atoms with van der Waals surface area (Å²) in [5.41, 5.74) is 2.88. The largest absolute Gasteiger partial charge is 0.451 e. The smallest absolute Gasteiger partial charge is 0.276 e. The molecule has 32 heavy (non-hydrogen) atoms. The number of hydrogen-bond donors (Lipinski definition) is 1. The van der Waals surface area contributed by atoms with Crippen molar-refractivity contribution in [2.24, 2.45) is 0 Å². The molecule has 8 nitrogen and oxygen atoms in total. The number of carbonyl (C=O) groups is 2. The third-order valence-corrected chi connectivity index (χ3v) is 6.03. The highest BCUT2D eigenvalue weighted by Crippen LogP contribution is 2.24. The lowest BCUT2D eigenvalue weighted by atomic mass is 9.95. The maximum Gasteiger partial charge on any atom is 0.276 e. The maximum atomic E-state index is 13.3. The number of aryl methyl sites for hydroxylation is 2. The highest BCUT2D eigenvalue weighted by atomic mass is 16.3. The Morgan fingerprint density at radius 2 is 2.00 bits per heavy atom. The molecule has 8 heteroatoms. The van der Waals surface area contributed by atoms with Crippen LogP contribution in [-0.2, 0) is 25.9 Å². The van der Waals surface area contributed by atoms with E-state index >= 15 is 0 Å². The second kappa shape index (κ2) is 8.45. The lowest BCUT2D eigenvalue weighted by molar-refractivity contribution is 0.0728. The van der Waals surface area contributed by atoms with Crippen molar-refractivity contribution in [3.8, 4) is 0 Å². The van der Waals surface area contributed by atoms with Crippen LogP contribution in [0.5, 0.6) is 0 Å². The molecule has 1 N–H and O–H groups in total. The van der Waals surface area contributed by atoms with E-state index in [0.717, 1.165) is 29.5 Å². The van der Waals surface area contributed by atoms with Crippen LogP contribution in [0.1, 0.15) is 50.4 Å². The second-order valence-electron chi connectivity index (χ2n) is 8.34. The molecule has 2 aliphatic rings. The summed E-state index contributed by atoms with van der Waals surface area (Å²) in [7, 11) is 0. The van der Waals surface area contributed by atoms with E-state index in [2.05, 4.69) is 10.3 Å². The molecule has 1 fully saturated rings. The lowest BCUT2D eigenvalue weighted by Gasteiger charge is -2.30. The van der Waals surface area contributed by atoms with Crippen molar-refractivity contribution in [1.29, 1.82) is 0 Å². The predicted molar refractivity (Wildman–Crippen MR) is 116 cm³/mol. The van der Waals surface area contributed by atoms with Crippen LogP contribution in [0.15, 0.2) is 58.4 Å². The Labute approximate surface area is 184 Å². The summed E-state index contributed by atoms with van der Waals surface area (Å²) in [4.78, 5) is 44.7. The lowest BCUT2D eigenvalue weighted by Crippen LogP contribution is -2.42. The minimum Gasteiger partial charge on any atom is -0.451 e. The molecule has 0 unspecified atom stereocenters. The first-order valence-corrected chi connectivity index (χ1v) is 10.9. The van der Waals surface area contributed by atoms with E-state index in [1.807, 2.05) is 30.3 Å². The van der Waals surface area contributed by atoms with Gasteiger partial charge in [0.25, 0.3) is 17.4 Å². The van der Waals surface area contributed by atoms with E-state index in [-0.39, 0.29) is 34.7 Å². The molecule has 5 rings (SSSR count). The van der Waals surface area contributed by atoms with Gasteiger partial charge >= 0.3 is 0 Å². The monoisotopic (exact) mass is 432 g/mol. The van der Waals surface area contributed by atoms with Gasteiger partial charge in [-0.1, -0.05) is 30.3 Å². The molecule has 3 aromatic rings. The van der Waals surface area contributed by atoms with E-state index in [1.165, 1.54) is 12.7 Å². The Hall–Kier alpha value is -3.68. The first-order chi connectivity index (χ1) is 15.6. The summed E-state index contributed by atoms with van der Waals surface area (Å²) >= 11 is 0. The minimum absolute atomic E-state index is 0.157. The summed E-state index contributed by atoms with van der Waals surface area (Å²) < 4.78 is 6.55. The number of amides is 2. The van der Waals surface area contributed by atoms with Crippen LogP contribution in [0.4, 0.5) is 0 Å². The fourth-order valence-electron chi connectivity index (χ4n) is 4.14. The molecule has 0 spiro atoms. The zero-order chi connectivity index (χ0) is 22.1. The van der Waals surface area contributed by atoms with Crippen molar-refractivity contribution in [3.05, 3.63) is 87.5 Å². The van der Waals surface area contributed by atoms with Crippen molar-refractivity contribution < 1.29 is 14.0 Å². The molecule has 0 atom stereocenters. The van der Waals surface area contributed by atoms with Crippen molar-refractivity contribution in [2.75, 3.05) is 6.54 Å². The Bertz CT molecular complexity index is 1200. The van der Waals surface area contributed by atoms with E-state index in [1.54, 1.807) is 15.7 Å². The zero-order valence-electron chi connectivity index (χ0n) is 17.6. The van der Waals surface area contributed by atoms with E-state index in [0.29, 0.717) is 32.5 Å². The average molecular weight is 432 g/mol. The molecule has 1 saturated carbocycles. The van der Waals surface area contributed by atoms with Crippen LogP contribution < -0.4 is 10.9 Å². The van der Waals surface area contributed by atoms with Crippen LogP contribution in [0.2, 0.25) is 0 Å². The van der Waals surface area contributed by atoms with E-state index in [9.17, 15) is 14.4 Å². The van der Waals surface area contributed by atoms with Gasteiger partial charge in [0.05, 0.1) is 0 Å². The molecular weight excluding hydrogens is 408 g/mol. The molecule has 0 bridgehead atoms. The van der Waals surface area contributed by atoms with Gasteiger partial charge in [0.15, 0.2) is 12.1 Å². The first kappa shape index (κ1) is 20.2. The zero-order valence-corrected chi connectivity index (χ0v) is 17.6. The number of carbonyl (C=O) groups excluding carboxylic acids is 2. The number of hydrogen-bond acceptors (Lipinski definition) is 5. The quantitative estimate of drug-likeness (QED) is 0.644. The van der Waals surface area contributed by atoms with Gasteiger partial charge in [-0.15, -0.1) is 0 Å². The number of aromatic nitrogens is 2. The van der Waals surface area contributed by atoms with Gasteiger partial charge in [-0.2, -0.15) is 0 Å². The molecule has 1 aliphatic heterocycles. The summed E-state index contributed by atoms with van der Waals surface area (Å²) in [5.74, 6) is -0.533. The van der Waals surface area contributed by atoms with Crippen molar-refractivity contribution in [3.63, 3.8) is 0 Å². The standard InChI is InChI=1S/C24H24N4O4/c29-22(26-18-6-7-18)21-19-9-11-27(23(30)20-14-32-15-25-20)12-17(19)13-28(24(21)31)10-8-16-4-2-1-3-5-16/h1-5,13-15,18H,6-12H2,(H,26,29). The van der Waals surface area contributed by atoms with Gasteiger partial charge in [0.1, 0.15) is 11.8 Å². The fourth-order valence-corrected chi connectivity index (χ4v) is 4.14. The van der Waals surface area contributed by atoms with E-state index < -0.39 is 0 Å². The van der Waals surface area contributed by atoms with Crippen molar-refractivity contribution >= 4 is 11.8 Å². The molecule has 164 valence electrons. The first-order valence-electron chi connectivity index (χ1n) is 10.9. The van der Waals surface area contributed by atoms with Gasteiger partial charge in [-0.25, -0.2) is 4.98 Å². The molecule has 0 saturated heterocycles. The second-order valence-corrected chi connectivity index (χ2v) is 8.34. The molecule has 2 aromatic heterocycles. The summed E-state index contributed by atoms with van der Waals surface area (Å²) in [6.07, 6.45) is 7.37. The summed E-state index contributed by atoms with van der Waals surface area (Å²) in [6, 6.07) is 10.1. The summed E-state index contributed by atoms with van der Waals surface area (Å²) in [5, 5.41) is 2.96. The van der Waals surface area contributed by atoms with E-state index in [4.69, 9.17) is 4.42 Å². The van der Waals surface area contributed by atoms with Crippen molar-refractivity contribution in [1.82, 2.24) is 19.8 Å². The van der Waals surface area contributed by atoms with Gasteiger partial charge in [-0.05, 0) is 42.4 Å². The van der Waals surface area contributed by atoms with Crippen LogP contribution in [-0.4, -0.2) is 38.9 Å². The predicted octanol–water partition coefficient (Wildman–Crippen LogP) is 2.17. The van der Waals surface area contributed by atoms with Crippen LogP contribution in [0.3, 0.4) is 0 Å². The number of rotatable bonds is 6. The van der Waals surface area contributed by atoms with Crippen LogP contribution >= 0.6 is 0 Å². The minimum atomic E-state index is -0.306. The molecular formula is C24H24N4O4.